The van der Waals surface area contributed by atoms with E-state index in [1.165, 1.54) is 6.26 Å². The summed E-state index contributed by atoms with van der Waals surface area (Å²) in [6, 6.07) is 0. The fourth-order valence-electron chi connectivity index (χ4n) is 0.916. The molecule has 0 bridgehead atoms. The van der Waals surface area contributed by atoms with E-state index in [-0.39, 0.29) is 13.2 Å². The van der Waals surface area contributed by atoms with Gasteiger partial charge in [-0.1, -0.05) is 19.8 Å². The fourth-order valence-corrected chi connectivity index (χ4v) is 0.916. The van der Waals surface area contributed by atoms with Crippen LogP contribution < -0.4 is 0 Å². The van der Waals surface area contributed by atoms with Gasteiger partial charge in [-0.05, 0) is 12.5 Å². The summed E-state index contributed by atoms with van der Waals surface area (Å²) in [7, 11) is 0. The number of rotatable bonds is 11. The van der Waals surface area contributed by atoms with Crippen molar-refractivity contribution in [3.63, 3.8) is 0 Å². The maximum Gasteiger partial charge on any atom is 0.505 e. The minimum Gasteiger partial charge on any atom is -0.450 e. The first kappa shape index (κ1) is 15.7. The minimum absolute atomic E-state index is 0.0253. The molecule has 0 fully saturated rings. The van der Waals surface area contributed by atoms with Gasteiger partial charge in [-0.25, -0.2) is 4.79 Å². The van der Waals surface area contributed by atoms with Gasteiger partial charge in [0.05, 0.1) is 19.8 Å². The summed E-state index contributed by atoms with van der Waals surface area (Å²) in [4.78, 5) is 19.5. The van der Waals surface area contributed by atoms with Gasteiger partial charge in [0.25, 0.3) is 0 Å². The number of carbonyl (C=O) groups is 1. The van der Waals surface area contributed by atoms with Gasteiger partial charge in [0.1, 0.15) is 12.9 Å². The molecular weight excluding hydrogens is 228 g/mol. The molecule has 0 aliphatic heterocycles. The third-order valence-corrected chi connectivity index (χ3v) is 1.72. The van der Waals surface area contributed by atoms with E-state index in [1.807, 2.05) is 0 Å². The molecule has 6 nitrogen and oxygen atoms in total. The van der Waals surface area contributed by atoms with Crippen molar-refractivity contribution in [2.75, 3.05) is 26.4 Å². The molecule has 0 aromatic heterocycles. The molecular formula is C11H20O6. The van der Waals surface area contributed by atoms with Crippen LogP contribution in [0.1, 0.15) is 26.2 Å². The van der Waals surface area contributed by atoms with Gasteiger partial charge in [0.15, 0.2) is 0 Å². The Bertz CT molecular complexity index is 204. The largest absolute Gasteiger partial charge is 0.505 e. The van der Waals surface area contributed by atoms with Crippen molar-refractivity contribution in [2.24, 2.45) is 0 Å². The smallest absolute Gasteiger partial charge is 0.450 e. The highest BCUT2D eigenvalue weighted by atomic mass is 17.2. The summed E-state index contributed by atoms with van der Waals surface area (Å²) in [6.45, 7) is 3.25. The van der Waals surface area contributed by atoms with E-state index in [2.05, 4.69) is 11.7 Å². The summed E-state index contributed by atoms with van der Waals surface area (Å²) in [6.07, 6.45) is 4.97. The molecule has 1 N–H and O–H groups in total. The predicted octanol–water partition coefficient (Wildman–Crippen LogP) is 2.35. The van der Waals surface area contributed by atoms with Crippen LogP contribution in [0.25, 0.3) is 0 Å². The van der Waals surface area contributed by atoms with E-state index in [9.17, 15) is 4.79 Å². The lowest BCUT2D eigenvalue weighted by atomic mass is 10.3. The van der Waals surface area contributed by atoms with Crippen LogP contribution in [0.2, 0.25) is 0 Å². The first-order chi connectivity index (χ1) is 8.27. The molecule has 17 heavy (non-hydrogen) atoms. The van der Waals surface area contributed by atoms with Gasteiger partial charge in [-0.15, -0.1) is 0 Å². The number of hydrogen-bond donors (Lipinski definition) is 1. The van der Waals surface area contributed by atoms with E-state index in [0.717, 1.165) is 19.3 Å². The lowest BCUT2D eigenvalue weighted by molar-refractivity contribution is -0.249. The summed E-state index contributed by atoms with van der Waals surface area (Å²) in [5, 5.41) is 8.15. The SMILES string of the molecule is CCCCCOOC=CCOCCOC(=O)O. The molecule has 0 aromatic rings. The van der Waals surface area contributed by atoms with Crippen LogP contribution >= 0.6 is 0 Å². The van der Waals surface area contributed by atoms with Crippen LogP contribution in [-0.4, -0.2) is 37.7 Å². The second-order valence-electron chi connectivity index (χ2n) is 3.19. The van der Waals surface area contributed by atoms with Crippen molar-refractivity contribution >= 4 is 6.16 Å². The highest BCUT2D eigenvalue weighted by Gasteiger charge is 1.94. The molecule has 0 rings (SSSR count). The van der Waals surface area contributed by atoms with Crippen molar-refractivity contribution in [3.8, 4) is 0 Å². The molecule has 0 atom stereocenters. The van der Waals surface area contributed by atoms with Crippen LogP contribution in [0.5, 0.6) is 0 Å². The van der Waals surface area contributed by atoms with Crippen LogP contribution in [0, 0.1) is 0 Å². The molecule has 0 aromatic carbocycles. The van der Waals surface area contributed by atoms with Crippen molar-refractivity contribution < 1.29 is 29.1 Å². The summed E-state index contributed by atoms with van der Waals surface area (Å²) in [5.74, 6) is 0. The zero-order valence-electron chi connectivity index (χ0n) is 10.1. The molecule has 6 heteroatoms. The van der Waals surface area contributed by atoms with E-state index >= 15 is 0 Å². The predicted molar refractivity (Wildman–Crippen MR) is 60.5 cm³/mol. The summed E-state index contributed by atoms with van der Waals surface area (Å²) < 4.78 is 9.25. The molecule has 0 aliphatic carbocycles. The number of unbranched alkanes of at least 4 members (excludes halogenated alkanes) is 2. The first-order valence-corrected chi connectivity index (χ1v) is 5.64. The third-order valence-electron chi connectivity index (χ3n) is 1.72. The molecule has 0 unspecified atom stereocenters. The summed E-state index contributed by atoms with van der Waals surface area (Å²) >= 11 is 0. The molecule has 100 valence electrons. The van der Waals surface area contributed by atoms with Crippen LogP contribution in [0.4, 0.5) is 4.79 Å². The lowest BCUT2D eigenvalue weighted by Gasteiger charge is -2.01. The van der Waals surface area contributed by atoms with Gasteiger partial charge in [-0.2, -0.15) is 4.89 Å². The summed E-state index contributed by atoms with van der Waals surface area (Å²) in [5.41, 5.74) is 0. The molecule has 0 radical (unpaired) electrons. The van der Waals surface area contributed by atoms with Gasteiger partial charge < -0.3 is 19.5 Å². The van der Waals surface area contributed by atoms with Crippen molar-refractivity contribution in [2.45, 2.75) is 26.2 Å². The molecule has 0 saturated heterocycles. The zero-order valence-corrected chi connectivity index (χ0v) is 10.1. The van der Waals surface area contributed by atoms with Gasteiger partial charge >= 0.3 is 6.16 Å². The van der Waals surface area contributed by atoms with E-state index in [1.54, 1.807) is 6.08 Å². The Hall–Kier alpha value is -1.27. The fraction of sp³-hybridized carbons (Fsp3) is 0.727. The van der Waals surface area contributed by atoms with Crippen LogP contribution in [-0.2, 0) is 19.2 Å². The second-order valence-corrected chi connectivity index (χ2v) is 3.19. The lowest BCUT2D eigenvalue weighted by Crippen LogP contribution is -2.08. The van der Waals surface area contributed by atoms with E-state index in [0.29, 0.717) is 13.2 Å². The zero-order chi connectivity index (χ0) is 12.8. The maximum atomic E-state index is 9.95. The number of ether oxygens (including phenoxy) is 2. The normalized spacial score (nSPS) is 10.6. The molecule has 0 heterocycles. The maximum absolute atomic E-state index is 9.95. The number of carboxylic acid groups (broad SMARTS) is 1. The Labute approximate surface area is 101 Å². The molecule has 0 amide bonds. The van der Waals surface area contributed by atoms with Crippen molar-refractivity contribution in [1.82, 2.24) is 0 Å². The van der Waals surface area contributed by atoms with Gasteiger partial charge in [-0.3, -0.25) is 0 Å². The molecule has 0 spiro atoms. The Morgan fingerprint density at radius 2 is 2.06 bits per heavy atom. The Balaban J connectivity index is 3.07. The van der Waals surface area contributed by atoms with E-state index < -0.39 is 6.16 Å². The van der Waals surface area contributed by atoms with Crippen LogP contribution in [0.15, 0.2) is 12.3 Å². The second kappa shape index (κ2) is 12.8. The topological polar surface area (TPSA) is 74.2 Å². The highest BCUT2D eigenvalue weighted by Crippen LogP contribution is 1.94. The monoisotopic (exact) mass is 248 g/mol. The molecule has 0 aliphatic rings. The number of hydrogen-bond acceptors (Lipinski definition) is 5. The average Bonchev–Trinajstić information content (AvgIpc) is 2.30. The Morgan fingerprint density at radius 1 is 1.24 bits per heavy atom. The van der Waals surface area contributed by atoms with Crippen LogP contribution in [0.3, 0.4) is 0 Å². The average molecular weight is 248 g/mol. The van der Waals surface area contributed by atoms with E-state index in [4.69, 9.17) is 19.6 Å². The molecule has 0 saturated carbocycles. The quantitative estimate of drug-likeness (QED) is 0.199. The van der Waals surface area contributed by atoms with Crippen molar-refractivity contribution in [1.29, 1.82) is 0 Å². The Morgan fingerprint density at radius 3 is 2.76 bits per heavy atom. The van der Waals surface area contributed by atoms with Crippen molar-refractivity contribution in [3.05, 3.63) is 12.3 Å². The first-order valence-electron chi connectivity index (χ1n) is 5.64. The third kappa shape index (κ3) is 14.7. The van der Waals surface area contributed by atoms with Gasteiger partial charge in [0.2, 0.25) is 0 Å². The highest BCUT2D eigenvalue weighted by molar-refractivity contribution is 5.56. The van der Waals surface area contributed by atoms with Gasteiger partial charge in [0, 0.05) is 0 Å². The minimum atomic E-state index is -1.30. The standard InChI is InChI=1S/C11H20O6/c1-2-3-4-7-16-17-8-5-6-14-9-10-15-11(12)13/h5,8H,2-4,6-7,9-10H2,1H3,(H,12,13). The Kier molecular flexibility index (Phi) is 11.8.